The van der Waals surface area contributed by atoms with Gasteiger partial charge in [0.05, 0.1) is 5.52 Å². The highest BCUT2D eigenvalue weighted by molar-refractivity contribution is 5.94. The molecule has 0 saturated heterocycles. The second-order valence-electron chi connectivity index (χ2n) is 6.21. The summed E-state index contributed by atoms with van der Waals surface area (Å²) < 4.78 is 0. The highest BCUT2D eigenvalue weighted by Crippen LogP contribution is 2.32. The largest absolute Gasteiger partial charge is 0.385 e. The Morgan fingerprint density at radius 3 is 2.42 bits per heavy atom. The molecule has 2 aromatic rings. The molecular weight excluding hydrogens is 232 g/mol. The van der Waals surface area contributed by atoms with Gasteiger partial charge in [0.2, 0.25) is 0 Å². The lowest BCUT2D eigenvalue weighted by atomic mass is 9.86. The number of hydrogen-bond donors (Lipinski definition) is 1. The van der Waals surface area contributed by atoms with Gasteiger partial charge < -0.3 is 5.32 Å². The fourth-order valence-corrected chi connectivity index (χ4v) is 2.35. The van der Waals surface area contributed by atoms with Crippen molar-refractivity contribution < 1.29 is 0 Å². The summed E-state index contributed by atoms with van der Waals surface area (Å²) in [5, 5.41) is 4.73. The second kappa shape index (κ2) is 4.84. The molecule has 0 aliphatic rings. The number of anilines is 1. The summed E-state index contributed by atoms with van der Waals surface area (Å²) in [6.45, 7) is 14.0. The maximum Gasteiger partial charge on any atom is 0.0726 e. The molecule has 1 aromatic carbocycles. The molecule has 0 aliphatic carbocycles. The number of aromatic nitrogens is 1. The van der Waals surface area contributed by atoms with Crippen LogP contribution < -0.4 is 5.32 Å². The number of pyridine rings is 1. The van der Waals surface area contributed by atoms with E-state index in [1.165, 1.54) is 22.2 Å². The van der Waals surface area contributed by atoms with E-state index >= 15 is 0 Å². The first-order valence-corrected chi connectivity index (χ1v) is 7.00. The third-order valence-electron chi connectivity index (χ3n) is 3.69. The molecule has 0 saturated carbocycles. The van der Waals surface area contributed by atoms with E-state index < -0.39 is 0 Å². The maximum atomic E-state index is 4.70. The number of nitrogens with one attached hydrogen (secondary N) is 1. The van der Waals surface area contributed by atoms with Crippen LogP contribution in [0.3, 0.4) is 0 Å². The molecule has 19 heavy (non-hydrogen) atoms. The summed E-state index contributed by atoms with van der Waals surface area (Å²) in [5.74, 6) is 0. The predicted molar refractivity (Wildman–Crippen MR) is 84.1 cm³/mol. The number of fused-ring (bicyclic) bond motifs is 1. The molecule has 2 heteroatoms. The molecule has 0 amide bonds. The van der Waals surface area contributed by atoms with Gasteiger partial charge in [0.25, 0.3) is 0 Å². The normalized spacial score (nSPS) is 11.9. The fraction of sp³-hybridized carbons (Fsp3) is 0.471. The molecule has 0 spiro atoms. The molecule has 0 atom stereocenters. The molecule has 0 fully saturated rings. The number of hydrogen-bond acceptors (Lipinski definition) is 2. The van der Waals surface area contributed by atoms with Crippen molar-refractivity contribution in [3.8, 4) is 0 Å². The lowest BCUT2D eigenvalue weighted by Gasteiger charge is -2.21. The molecule has 1 aromatic heterocycles. The topological polar surface area (TPSA) is 24.9 Å². The first-order valence-electron chi connectivity index (χ1n) is 7.00. The molecule has 0 aliphatic heterocycles. The molecule has 1 N–H and O–H groups in total. The smallest absolute Gasteiger partial charge is 0.0726 e. The van der Waals surface area contributed by atoms with Crippen LogP contribution in [0.1, 0.15) is 44.5 Å². The van der Waals surface area contributed by atoms with E-state index in [0.29, 0.717) is 0 Å². The van der Waals surface area contributed by atoms with Gasteiger partial charge in [0.1, 0.15) is 0 Å². The molecule has 0 unspecified atom stereocenters. The van der Waals surface area contributed by atoms with Crippen LogP contribution in [0.15, 0.2) is 18.2 Å². The first kappa shape index (κ1) is 13.9. The Bertz CT molecular complexity index is 607. The zero-order chi connectivity index (χ0) is 14.2. The zero-order valence-corrected chi connectivity index (χ0v) is 12.9. The minimum Gasteiger partial charge on any atom is -0.385 e. The Hall–Kier alpha value is -1.57. The van der Waals surface area contributed by atoms with Crippen molar-refractivity contribution in [1.29, 1.82) is 0 Å². The summed E-state index contributed by atoms with van der Waals surface area (Å²) in [7, 11) is 0. The van der Waals surface area contributed by atoms with Crippen molar-refractivity contribution in [2.75, 3.05) is 11.9 Å². The van der Waals surface area contributed by atoms with Crippen LogP contribution in [-0.4, -0.2) is 11.5 Å². The van der Waals surface area contributed by atoms with Crippen molar-refractivity contribution >= 4 is 16.6 Å². The van der Waals surface area contributed by atoms with Crippen molar-refractivity contribution in [3.63, 3.8) is 0 Å². The average molecular weight is 256 g/mol. The lowest BCUT2D eigenvalue weighted by molar-refractivity contribution is 0.591. The van der Waals surface area contributed by atoms with E-state index in [9.17, 15) is 0 Å². The van der Waals surface area contributed by atoms with E-state index in [1.807, 2.05) is 0 Å². The van der Waals surface area contributed by atoms with E-state index in [1.54, 1.807) is 0 Å². The van der Waals surface area contributed by atoms with Crippen LogP contribution in [0.5, 0.6) is 0 Å². The van der Waals surface area contributed by atoms with Gasteiger partial charge in [0.15, 0.2) is 0 Å². The third kappa shape index (κ3) is 2.58. The van der Waals surface area contributed by atoms with Gasteiger partial charge in [-0.3, -0.25) is 4.98 Å². The van der Waals surface area contributed by atoms with Crippen LogP contribution in [0.25, 0.3) is 10.9 Å². The molecule has 0 radical (unpaired) electrons. The predicted octanol–water partition coefficient (Wildman–Crippen LogP) is 4.58. The lowest BCUT2D eigenvalue weighted by Crippen LogP contribution is -2.11. The van der Waals surface area contributed by atoms with Crippen molar-refractivity contribution in [3.05, 3.63) is 35.0 Å². The Labute approximate surface area is 116 Å². The number of rotatable bonds is 2. The quantitative estimate of drug-likeness (QED) is 0.850. The van der Waals surface area contributed by atoms with Gasteiger partial charge >= 0.3 is 0 Å². The van der Waals surface area contributed by atoms with E-state index in [-0.39, 0.29) is 5.41 Å². The molecule has 2 nitrogen and oxygen atoms in total. The monoisotopic (exact) mass is 256 g/mol. The van der Waals surface area contributed by atoms with Gasteiger partial charge in [-0.1, -0.05) is 26.8 Å². The van der Waals surface area contributed by atoms with Gasteiger partial charge in [-0.25, -0.2) is 0 Å². The number of aryl methyl sites for hydroxylation is 1. The van der Waals surface area contributed by atoms with Gasteiger partial charge in [0, 0.05) is 23.3 Å². The molecule has 0 bridgehead atoms. The van der Waals surface area contributed by atoms with Crippen LogP contribution in [0, 0.1) is 13.8 Å². The molecular formula is C17H24N2. The molecule has 1 heterocycles. The standard InChI is InChI=1S/C17H24N2/c1-7-18-16-11(2)12(3)19-15-9-8-13(10-14(15)16)17(4,5)6/h8-10H,7H2,1-6H3,(H,18,19). The Morgan fingerprint density at radius 2 is 1.84 bits per heavy atom. The van der Waals surface area contributed by atoms with E-state index in [2.05, 4.69) is 65.1 Å². The third-order valence-corrected chi connectivity index (χ3v) is 3.69. The van der Waals surface area contributed by atoms with E-state index in [4.69, 9.17) is 4.98 Å². The fourth-order valence-electron chi connectivity index (χ4n) is 2.35. The highest BCUT2D eigenvalue weighted by atomic mass is 14.9. The number of benzene rings is 1. The van der Waals surface area contributed by atoms with Crippen molar-refractivity contribution in [1.82, 2.24) is 4.98 Å². The van der Waals surface area contributed by atoms with Crippen LogP contribution >= 0.6 is 0 Å². The Balaban J connectivity index is 2.75. The summed E-state index contributed by atoms with van der Waals surface area (Å²) in [4.78, 5) is 4.70. The van der Waals surface area contributed by atoms with Gasteiger partial charge in [-0.05, 0) is 49.4 Å². The second-order valence-corrected chi connectivity index (χ2v) is 6.21. The highest BCUT2D eigenvalue weighted by Gasteiger charge is 2.16. The minimum atomic E-state index is 0.163. The minimum absolute atomic E-state index is 0.163. The summed E-state index contributed by atoms with van der Waals surface area (Å²) in [5.41, 5.74) is 6.18. The summed E-state index contributed by atoms with van der Waals surface area (Å²) >= 11 is 0. The Morgan fingerprint density at radius 1 is 1.16 bits per heavy atom. The maximum absolute atomic E-state index is 4.70. The molecule has 2 rings (SSSR count). The van der Waals surface area contributed by atoms with Crippen LogP contribution in [0.2, 0.25) is 0 Å². The van der Waals surface area contributed by atoms with Crippen LogP contribution in [-0.2, 0) is 5.41 Å². The summed E-state index contributed by atoms with van der Waals surface area (Å²) in [6, 6.07) is 6.62. The van der Waals surface area contributed by atoms with Gasteiger partial charge in [-0.2, -0.15) is 0 Å². The van der Waals surface area contributed by atoms with E-state index in [0.717, 1.165) is 17.8 Å². The zero-order valence-electron chi connectivity index (χ0n) is 12.9. The SMILES string of the molecule is CCNc1c(C)c(C)nc2ccc(C(C)(C)C)cc12. The van der Waals surface area contributed by atoms with Gasteiger partial charge in [-0.15, -0.1) is 0 Å². The average Bonchev–Trinajstić information content (AvgIpc) is 2.33. The first-order chi connectivity index (χ1) is 8.84. The van der Waals surface area contributed by atoms with Crippen molar-refractivity contribution in [2.45, 2.75) is 47.0 Å². The Kier molecular flexibility index (Phi) is 3.53. The molecule has 102 valence electrons. The van der Waals surface area contributed by atoms with Crippen molar-refractivity contribution in [2.24, 2.45) is 0 Å². The summed E-state index contributed by atoms with van der Waals surface area (Å²) in [6.07, 6.45) is 0. The van der Waals surface area contributed by atoms with Crippen LogP contribution in [0.4, 0.5) is 5.69 Å². The number of nitrogens with zero attached hydrogens (tertiary/aromatic N) is 1.